The van der Waals surface area contributed by atoms with E-state index in [1.807, 2.05) is 4.90 Å². The first kappa shape index (κ1) is 14.3. The number of ether oxygens (including phenoxy) is 1. The molecule has 1 rings (SSSR count). The Morgan fingerprint density at radius 3 is 2.47 bits per heavy atom. The molecule has 1 N–H and O–H groups in total. The summed E-state index contributed by atoms with van der Waals surface area (Å²) in [5, 5.41) is 3.06. The molecule has 1 saturated heterocycles. The van der Waals surface area contributed by atoms with Crippen molar-refractivity contribution in [2.75, 3.05) is 26.8 Å². The Hall–Kier alpha value is -0.770. The number of hydrogen-bond donors (Lipinski definition) is 1. The van der Waals surface area contributed by atoms with Crippen LogP contribution in [0.2, 0.25) is 0 Å². The van der Waals surface area contributed by atoms with Crippen molar-refractivity contribution in [3.8, 4) is 0 Å². The smallest absolute Gasteiger partial charge is 0.317 e. The first-order chi connectivity index (χ1) is 8.04. The molecular weight excluding hydrogens is 216 g/mol. The predicted octanol–water partition coefficient (Wildman–Crippen LogP) is 2.10. The van der Waals surface area contributed by atoms with Gasteiger partial charge in [0.05, 0.1) is 12.6 Å². The first-order valence-corrected chi connectivity index (χ1v) is 6.59. The van der Waals surface area contributed by atoms with E-state index in [4.69, 9.17) is 4.74 Å². The summed E-state index contributed by atoms with van der Waals surface area (Å²) in [5.74, 6) is 1.14. The van der Waals surface area contributed by atoms with E-state index in [-0.39, 0.29) is 12.1 Å². The molecule has 1 aliphatic rings. The Labute approximate surface area is 105 Å². The summed E-state index contributed by atoms with van der Waals surface area (Å²) in [6.07, 6.45) is 2.23. The van der Waals surface area contributed by atoms with Crippen molar-refractivity contribution in [1.29, 1.82) is 0 Å². The van der Waals surface area contributed by atoms with Gasteiger partial charge >= 0.3 is 6.03 Å². The lowest BCUT2D eigenvalue weighted by atomic mass is 9.99. The fraction of sp³-hybridized carbons (Fsp3) is 0.923. The second kappa shape index (κ2) is 6.84. The van der Waals surface area contributed by atoms with Crippen LogP contribution in [-0.4, -0.2) is 43.8 Å². The second-order valence-electron chi connectivity index (χ2n) is 5.42. The molecule has 0 aromatic carbocycles. The molecule has 1 unspecified atom stereocenters. The van der Waals surface area contributed by atoms with Crippen LogP contribution in [0.3, 0.4) is 0 Å². The fourth-order valence-electron chi connectivity index (χ4n) is 2.04. The van der Waals surface area contributed by atoms with Crippen LogP contribution in [0.25, 0.3) is 0 Å². The number of nitrogens with zero attached hydrogens (tertiary/aromatic N) is 1. The van der Waals surface area contributed by atoms with Gasteiger partial charge in [0.15, 0.2) is 0 Å². The van der Waals surface area contributed by atoms with E-state index >= 15 is 0 Å². The number of piperidine rings is 1. The van der Waals surface area contributed by atoms with Gasteiger partial charge in [0, 0.05) is 20.2 Å². The monoisotopic (exact) mass is 242 g/mol. The van der Waals surface area contributed by atoms with Crippen LogP contribution in [0, 0.1) is 11.8 Å². The van der Waals surface area contributed by atoms with Crippen molar-refractivity contribution >= 4 is 6.03 Å². The van der Waals surface area contributed by atoms with Gasteiger partial charge < -0.3 is 15.0 Å². The summed E-state index contributed by atoms with van der Waals surface area (Å²) in [6.45, 7) is 8.78. The van der Waals surface area contributed by atoms with E-state index in [0.717, 1.165) is 31.8 Å². The minimum absolute atomic E-state index is 0.0626. The number of carbonyl (C=O) groups is 1. The zero-order valence-electron chi connectivity index (χ0n) is 11.5. The van der Waals surface area contributed by atoms with Crippen LogP contribution >= 0.6 is 0 Å². The highest BCUT2D eigenvalue weighted by Gasteiger charge is 2.23. The molecule has 0 saturated carbocycles. The molecule has 1 aliphatic heterocycles. The van der Waals surface area contributed by atoms with E-state index < -0.39 is 0 Å². The Kier molecular flexibility index (Phi) is 5.75. The number of hydrogen-bond acceptors (Lipinski definition) is 2. The SMILES string of the molecule is COCC(NC(=O)N1CCC(C)CC1)C(C)C. The van der Waals surface area contributed by atoms with Crippen LogP contribution in [0.4, 0.5) is 4.79 Å². The highest BCUT2D eigenvalue weighted by molar-refractivity contribution is 5.74. The standard InChI is InChI=1S/C13H26N2O2/c1-10(2)12(9-17-4)14-13(16)15-7-5-11(3)6-8-15/h10-12H,5-9H2,1-4H3,(H,14,16). The normalized spacial score (nSPS) is 19.5. The summed E-state index contributed by atoms with van der Waals surface area (Å²) in [5.41, 5.74) is 0. The zero-order valence-corrected chi connectivity index (χ0v) is 11.5. The maximum atomic E-state index is 12.1. The third-order valence-electron chi connectivity index (χ3n) is 3.53. The van der Waals surface area contributed by atoms with Crippen molar-refractivity contribution in [1.82, 2.24) is 10.2 Å². The molecule has 0 aromatic heterocycles. The highest BCUT2D eigenvalue weighted by Crippen LogP contribution is 2.16. The quantitative estimate of drug-likeness (QED) is 0.820. The van der Waals surface area contributed by atoms with Crippen molar-refractivity contribution < 1.29 is 9.53 Å². The minimum atomic E-state index is 0.0626. The number of amides is 2. The maximum Gasteiger partial charge on any atom is 0.317 e. The van der Waals surface area contributed by atoms with E-state index in [0.29, 0.717) is 12.5 Å². The van der Waals surface area contributed by atoms with Gasteiger partial charge in [-0.1, -0.05) is 20.8 Å². The molecule has 1 atom stereocenters. The van der Waals surface area contributed by atoms with Crippen molar-refractivity contribution in [2.45, 2.75) is 39.7 Å². The molecule has 0 spiro atoms. The Bertz CT molecular complexity index is 236. The number of methoxy groups -OCH3 is 1. The summed E-state index contributed by atoms with van der Waals surface area (Å²) in [7, 11) is 1.67. The molecule has 4 nitrogen and oxygen atoms in total. The van der Waals surface area contributed by atoms with Gasteiger partial charge in [-0.3, -0.25) is 0 Å². The summed E-state index contributed by atoms with van der Waals surface area (Å²) in [4.78, 5) is 14.0. The molecule has 0 radical (unpaired) electrons. The Balaban J connectivity index is 2.41. The number of likely N-dealkylation sites (tertiary alicyclic amines) is 1. The Morgan fingerprint density at radius 1 is 1.41 bits per heavy atom. The molecule has 4 heteroatoms. The molecule has 100 valence electrons. The lowest BCUT2D eigenvalue weighted by molar-refractivity contribution is 0.132. The average molecular weight is 242 g/mol. The van der Waals surface area contributed by atoms with Gasteiger partial charge in [0.25, 0.3) is 0 Å². The van der Waals surface area contributed by atoms with Gasteiger partial charge in [-0.05, 0) is 24.7 Å². The van der Waals surface area contributed by atoms with Crippen molar-refractivity contribution in [2.24, 2.45) is 11.8 Å². The predicted molar refractivity (Wildman–Crippen MR) is 69.0 cm³/mol. The lowest BCUT2D eigenvalue weighted by Crippen LogP contribution is -2.50. The van der Waals surface area contributed by atoms with Crippen LogP contribution in [0.1, 0.15) is 33.6 Å². The first-order valence-electron chi connectivity index (χ1n) is 6.59. The van der Waals surface area contributed by atoms with Gasteiger partial charge in [-0.25, -0.2) is 4.79 Å². The Morgan fingerprint density at radius 2 is 2.00 bits per heavy atom. The second-order valence-corrected chi connectivity index (χ2v) is 5.42. The van der Waals surface area contributed by atoms with Gasteiger partial charge in [-0.2, -0.15) is 0 Å². The third kappa shape index (κ3) is 4.54. The summed E-state index contributed by atoms with van der Waals surface area (Å²) >= 11 is 0. The largest absolute Gasteiger partial charge is 0.383 e. The molecule has 1 fully saturated rings. The summed E-state index contributed by atoms with van der Waals surface area (Å²) < 4.78 is 5.14. The molecule has 2 amide bonds. The van der Waals surface area contributed by atoms with Crippen LogP contribution < -0.4 is 5.32 Å². The van der Waals surface area contributed by atoms with E-state index in [2.05, 4.69) is 26.1 Å². The number of nitrogens with one attached hydrogen (secondary N) is 1. The average Bonchev–Trinajstić information content (AvgIpc) is 2.29. The summed E-state index contributed by atoms with van der Waals surface area (Å²) in [6, 6.07) is 0.166. The van der Waals surface area contributed by atoms with Crippen LogP contribution in [0.5, 0.6) is 0 Å². The van der Waals surface area contributed by atoms with E-state index in [1.165, 1.54) is 0 Å². The van der Waals surface area contributed by atoms with Gasteiger partial charge in [-0.15, -0.1) is 0 Å². The van der Waals surface area contributed by atoms with Crippen LogP contribution in [0.15, 0.2) is 0 Å². The highest BCUT2D eigenvalue weighted by atomic mass is 16.5. The van der Waals surface area contributed by atoms with Gasteiger partial charge in [0.2, 0.25) is 0 Å². The fourth-order valence-corrected chi connectivity index (χ4v) is 2.04. The van der Waals surface area contributed by atoms with Gasteiger partial charge in [0.1, 0.15) is 0 Å². The third-order valence-corrected chi connectivity index (χ3v) is 3.53. The molecule has 17 heavy (non-hydrogen) atoms. The van der Waals surface area contributed by atoms with E-state index in [9.17, 15) is 4.79 Å². The molecule has 0 aliphatic carbocycles. The molecule has 1 heterocycles. The molecular formula is C13H26N2O2. The molecule has 0 bridgehead atoms. The van der Waals surface area contributed by atoms with Crippen LogP contribution in [-0.2, 0) is 4.74 Å². The minimum Gasteiger partial charge on any atom is -0.383 e. The number of rotatable bonds is 4. The maximum absolute atomic E-state index is 12.1. The topological polar surface area (TPSA) is 41.6 Å². The zero-order chi connectivity index (χ0) is 12.8. The number of urea groups is 1. The number of carbonyl (C=O) groups excluding carboxylic acids is 1. The van der Waals surface area contributed by atoms with Crippen molar-refractivity contribution in [3.05, 3.63) is 0 Å². The molecule has 0 aromatic rings. The lowest BCUT2D eigenvalue weighted by Gasteiger charge is -2.32. The van der Waals surface area contributed by atoms with E-state index in [1.54, 1.807) is 7.11 Å². The van der Waals surface area contributed by atoms with Crippen molar-refractivity contribution in [3.63, 3.8) is 0 Å².